The summed E-state index contributed by atoms with van der Waals surface area (Å²) in [6, 6.07) is 0. The summed E-state index contributed by atoms with van der Waals surface area (Å²) in [5.41, 5.74) is 0. The Labute approximate surface area is 86.3 Å². The molecule has 0 bridgehead atoms. The van der Waals surface area contributed by atoms with Crippen LogP contribution in [0.4, 0.5) is 0 Å². The number of carbonyl (C=O) groups is 1. The first-order valence-electron chi connectivity index (χ1n) is 5.43. The highest BCUT2D eigenvalue weighted by Crippen LogP contribution is 2.45. The maximum absolute atomic E-state index is 10.7. The van der Waals surface area contributed by atoms with E-state index in [2.05, 4.69) is 6.58 Å². The van der Waals surface area contributed by atoms with Crippen molar-refractivity contribution in [1.82, 2.24) is 0 Å². The molecule has 3 atom stereocenters. The molecule has 2 nitrogen and oxygen atoms in total. The number of carbonyl (C=O) groups excluding carboxylic acids is 1. The Balaban J connectivity index is 2.11. The Kier molecular flexibility index (Phi) is 4.18. The van der Waals surface area contributed by atoms with Crippen LogP contribution in [0.2, 0.25) is 0 Å². The van der Waals surface area contributed by atoms with Gasteiger partial charge in [-0.05, 0) is 44.4 Å². The summed E-state index contributed by atoms with van der Waals surface area (Å²) in [4.78, 5) is 10.7. The SMILES string of the molecule is C=CCCCC1CC1[C@@H](C)OC(C)=O. The van der Waals surface area contributed by atoms with E-state index in [1.807, 2.05) is 13.0 Å². The van der Waals surface area contributed by atoms with Crippen molar-refractivity contribution in [2.24, 2.45) is 11.8 Å². The number of allylic oxidation sites excluding steroid dienone is 1. The second-order valence-electron chi connectivity index (χ2n) is 4.19. The van der Waals surface area contributed by atoms with Gasteiger partial charge in [0.1, 0.15) is 6.10 Å². The fourth-order valence-corrected chi connectivity index (χ4v) is 2.05. The molecule has 0 aromatic rings. The van der Waals surface area contributed by atoms with Gasteiger partial charge in [-0.1, -0.05) is 6.08 Å². The van der Waals surface area contributed by atoms with Crippen LogP contribution in [-0.4, -0.2) is 12.1 Å². The summed E-state index contributed by atoms with van der Waals surface area (Å²) < 4.78 is 5.15. The van der Waals surface area contributed by atoms with Gasteiger partial charge in [0.25, 0.3) is 0 Å². The van der Waals surface area contributed by atoms with E-state index in [0.29, 0.717) is 5.92 Å². The van der Waals surface area contributed by atoms with Gasteiger partial charge in [-0.3, -0.25) is 4.79 Å². The van der Waals surface area contributed by atoms with Gasteiger partial charge in [0.15, 0.2) is 0 Å². The third-order valence-corrected chi connectivity index (χ3v) is 2.92. The average molecular weight is 196 g/mol. The van der Waals surface area contributed by atoms with Crippen LogP contribution in [0.1, 0.15) is 39.5 Å². The van der Waals surface area contributed by atoms with Gasteiger partial charge in [-0.25, -0.2) is 0 Å². The topological polar surface area (TPSA) is 26.3 Å². The summed E-state index contributed by atoms with van der Waals surface area (Å²) in [7, 11) is 0. The molecule has 80 valence electrons. The number of hydrogen-bond donors (Lipinski definition) is 0. The molecule has 0 amide bonds. The van der Waals surface area contributed by atoms with Crippen molar-refractivity contribution >= 4 is 5.97 Å². The lowest BCUT2D eigenvalue weighted by Gasteiger charge is -2.10. The summed E-state index contributed by atoms with van der Waals surface area (Å²) in [5, 5.41) is 0. The Morgan fingerprint density at radius 1 is 1.71 bits per heavy atom. The molecule has 2 heteroatoms. The third-order valence-electron chi connectivity index (χ3n) is 2.92. The van der Waals surface area contributed by atoms with Crippen LogP contribution in [0.25, 0.3) is 0 Å². The Morgan fingerprint density at radius 3 is 3.00 bits per heavy atom. The van der Waals surface area contributed by atoms with Crippen LogP contribution in [0, 0.1) is 11.8 Å². The van der Waals surface area contributed by atoms with Crippen molar-refractivity contribution in [2.75, 3.05) is 0 Å². The largest absolute Gasteiger partial charge is 0.463 e. The van der Waals surface area contributed by atoms with Crippen molar-refractivity contribution in [3.05, 3.63) is 12.7 Å². The maximum Gasteiger partial charge on any atom is 0.302 e. The highest BCUT2D eigenvalue weighted by atomic mass is 16.5. The maximum atomic E-state index is 10.7. The quantitative estimate of drug-likeness (QED) is 0.371. The molecule has 1 aliphatic rings. The van der Waals surface area contributed by atoms with Crippen molar-refractivity contribution in [2.45, 2.75) is 45.6 Å². The lowest BCUT2D eigenvalue weighted by atomic mass is 10.1. The molecule has 0 spiro atoms. The van der Waals surface area contributed by atoms with Crippen molar-refractivity contribution in [1.29, 1.82) is 0 Å². The minimum atomic E-state index is -0.158. The molecule has 0 radical (unpaired) electrons. The minimum Gasteiger partial charge on any atom is -0.463 e. The number of rotatable bonds is 6. The zero-order valence-corrected chi connectivity index (χ0v) is 9.16. The Morgan fingerprint density at radius 2 is 2.43 bits per heavy atom. The number of ether oxygens (including phenoxy) is 1. The van der Waals surface area contributed by atoms with E-state index in [1.165, 1.54) is 26.2 Å². The van der Waals surface area contributed by atoms with Gasteiger partial charge >= 0.3 is 5.97 Å². The first-order valence-corrected chi connectivity index (χ1v) is 5.43. The second-order valence-corrected chi connectivity index (χ2v) is 4.19. The predicted octanol–water partition coefficient (Wildman–Crippen LogP) is 2.93. The van der Waals surface area contributed by atoms with Crippen LogP contribution in [-0.2, 0) is 9.53 Å². The van der Waals surface area contributed by atoms with Gasteiger partial charge in [0.2, 0.25) is 0 Å². The average Bonchev–Trinajstić information content (AvgIpc) is 2.83. The molecular formula is C12H20O2. The summed E-state index contributed by atoms with van der Waals surface area (Å²) in [6.45, 7) is 7.18. The van der Waals surface area contributed by atoms with Crippen LogP contribution in [0.15, 0.2) is 12.7 Å². The molecule has 1 rings (SSSR count). The molecule has 2 unspecified atom stereocenters. The summed E-state index contributed by atoms with van der Waals surface area (Å²) >= 11 is 0. The lowest BCUT2D eigenvalue weighted by Crippen LogP contribution is -2.15. The Bertz CT molecular complexity index is 210. The molecule has 1 aliphatic carbocycles. The van der Waals surface area contributed by atoms with Gasteiger partial charge in [0, 0.05) is 6.92 Å². The predicted molar refractivity (Wildman–Crippen MR) is 56.9 cm³/mol. The number of hydrogen-bond acceptors (Lipinski definition) is 2. The van der Waals surface area contributed by atoms with E-state index in [1.54, 1.807) is 0 Å². The standard InChI is InChI=1S/C12H20O2/c1-4-5-6-7-11-8-12(11)9(2)14-10(3)13/h4,9,11-12H,1,5-8H2,2-3H3/t9-,11?,12?/m1/s1. The molecule has 14 heavy (non-hydrogen) atoms. The zero-order chi connectivity index (χ0) is 10.6. The molecule has 0 aromatic carbocycles. The van der Waals surface area contributed by atoms with Crippen molar-refractivity contribution in [3.63, 3.8) is 0 Å². The first kappa shape index (κ1) is 11.3. The van der Waals surface area contributed by atoms with E-state index >= 15 is 0 Å². The fourth-order valence-electron chi connectivity index (χ4n) is 2.05. The summed E-state index contributed by atoms with van der Waals surface area (Å²) in [5.74, 6) is 1.24. The smallest absolute Gasteiger partial charge is 0.302 e. The molecule has 0 aromatic heterocycles. The van der Waals surface area contributed by atoms with Crippen LogP contribution >= 0.6 is 0 Å². The molecule has 0 saturated heterocycles. The molecule has 0 heterocycles. The first-order chi connectivity index (χ1) is 6.65. The second kappa shape index (κ2) is 5.18. The molecule has 0 aliphatic heterocycles. The Hall–Kier alpha value is -0.790. The van der Waals surface area contributed by atoms with Gasteiger partial charge in [0.05, 0.1) is 0 Å². The molecule has 0 N–H and O–H groups in total. The monoisotopic (exact) mass is 196 g/mol. The van der Waals surface area contributed by atoms with Crippen LogP contribution in [0.3, 0.4) is 0 Å². The van der Waals surface area contributed by atoms with E-state index in [4.69, 9.17) is 4.74 Å². The van der Waals surface area contributed by atoms with Crippen molar-refractivity contribution in [3.8, 4) is 0 Å². The number of esters is 1. The van der Waals surface area contributed by atoms with Crippen LogP contribution in [0.5, 0.6) is 0 Å². The van der Waals surface area contributed by atoms with Gasteiger partial charge < -0.3 is 4.74 Å². The minimum absolute atomic E-state index is 0.112. The van der Waals surface area contributed by atoms with E-state index in [0.717, 1.165) is 12.3 Å². The highest BCUT2D eigenvalue weighted by Gasteiger charge is 2.41. The lowest BCUT2D eigenvalue weighted by molar-refractivity contribution is -0.146. The van der Waals surface area contributed by atoms with Gasteiger partial charge in [-0.2, -0.15) is 0 Å². The normalized spacial score (nSPS) is 26.7. The van der Waals surface area contributed by atoms with E-state index in [-0.39, 0.29) is 12.1 Å². The fraction of sp³-hybridized carbons (Fsp3) is 0.750. The number of unbranched alkanes of at least 4 members (excludes halogenated alkanes) is 1. The molecular weight excluding hydrogens is 176 g/mol. The zero-order valence-electron chi connectivity index (χ0n) is 9.16. The summed E-state index contributed by atoms with van der Waals surface area (Å²) in [6.07, 6.45) is 6.88. The van der Waals surface area contributed by atoms with E-state index in [9.17, 15) is 4.79 Å². The molecule has 1 saturated carbocycles. The molecule has 1 fully saturated rings. The highest BCUT2D eigenvalue weighted by molar-refractivity contribution is 5.66. The van der Waals surface area contributed by atoms with Gasteiger partial charge in [-0.15, -0.1) is 6.58 Å². The van der Waals surface area contributed by atoms with Crippen LogP contribution < -0.4 is 0 Å². The third kappa shape index (κ3) is 3.52. The van der Waals surface area contributed by atoms with Crippen molar-refractivity contribution < 1.29 is 9.53 Å². The van der Waals surface area contributed by atoms with E-state index < -0.39 is 0 Å².